The minimum atomic E-state index is 0.231. The molecule has 0 saturated heterocycles. The summed E-state index contributed by atoms with van der Waals surface area (Å²) in [5, 5.41) is 0.827. The lowest BCUT2D eigenvalue weighted by Gasteiger charge is -2.37. The maximum atomic E-state index is 6.27. The Hall–Kier alpha value is -0.730. The van der Waals surface area contributed by atoms with Crippen molar-refractivity contribution in [3.8, 4) is 0 Å². The van der Waals surface area contributed by atoms with Gasteiger partial charge in [-0.2, -0.15) is 0 Å². The molecular weight excluding hydrogens is 280 g/mol. The normalized spacial score (nSPS) is 17.7. The molecule has 0 aromatic heterocycles. The quantitative estimate of drug-likeness (QED) is 0.819. The van der Waals surface area contributed by atoms with Crippen LogP contribution in [0.2, 0.25) is 5.02 Å². The van der Waals surface area contributed by atoms with Crippen molar-refractivity contribution in [1.82, 2.24) is 0 Å². The van der Waals surface area contributed by atoms with Crippen LogP contribution in [0.15, 0.2) is 18.2 Å². The average Bonchev–Trinajstić information content (AvgIpc) is 2.51. The Morgan fingerprint density at radius 3 is 2.57 bits per heavy atom. The summed E-state index contributed by atoms with van der Waals surface area (Å²) < 4.78 is 0. The molecule has 0 radical (unpaired) electrons. The van der Waals surface area contributed by atoms with Crippen LogP contribution in [0.4, 0.5) is 5.69 Å². The lowest BCUT2D eigenvalue weighted by molar-refractivity contribution is 0.417. The van der Waals surface area contributed by atoms with E-state index >= 15 is 0 Å². The van der Waals surface area contributed by atoms with Crippen LogP contribution in [-0.4, -0.2) is 18.6 Å². The van der Waals surface area contributed by atoms with E-state index in [0.29, 0.717) is 6.04 Å². The molecule has 0 heterocycles. The van der Waals surface area contributed by atoms with Gasteiger partial charge in [0.05, 0.1) is 0 Å². The van der Waals surface area contributed by atoms with Gasteiger partial charge in [0.15, 0.2) is 0 Å². The fourth-order valence-electron chi connectivity index (χ4n) is 3.42. The summed E-state index contributed by atoms with van der Waals surface area (Å²) in [6, 6.07) is 7.20. The summed E-state index contributed by atoms with van der Waals surface area (Å²) in [4.78, 5) is 2.56. The highest BCUT2D eigenvalue weighted by Crippen LogP contribution is 2.32. The third-order valence-corrected chi connectivity index (χ3v) is 4.95. The number of hydrogen-bond donors (Lipinski definition) is 1. The maximum absolute atomic E-state index is 6.27. The summed E-state index contributed by atoms with van der Waals surface area (Å²) in [6.07, 6.45) is 8.65. The second kappa shape index (κ2) is 8.05. The lowest BCUT2D eigenvalue weighted by atomic mass is 9.92. The number of anilines is 1. The predicted octanol–water partition coefficient (Wildman–Crippen LogP) is 4.78. The number of halogens is 1. The number of nitrogens with two attached hydrogens (primary N) is 1. The first-order valence-electron chi connectivity index (χ1n) is 8.46. The van der Waals surface area contributed by atoms with Gasteiger partial charge in [-0.15, -0.1) is 0 Å². The minimum Gasteiger partial charge on any atom is -0.369 e. The van der Waals surface area contributed by atoms with Crippen LogP contribution in [-0.2, 0) is 6.42 Å². The summed E-state index contributed by atoms with van der Waals surface area (Å²) in [5.74, 6) is 0. The third kappa shape index (κ3) is 4.37. The van der Waals surface area contributed by atoms with Gasteiger partial charge in [0.25, 0.3) is 0 Å². The van der Waals surface area contributed by atoms with Crippen LogP contribution >= 0.6 is 11.6 Å². The van der Waals surface area contributed by atoms with Crippen molar-refractivity contribution in [3.05, 3.63) is 28.8 Å². The number of rotatable bonds is 6. The summed E-state index contributed by atoms with van der Waals surface area (Å²) >= 11 is 6.27. The van der Waals surface area contributed by atoms with Crippen molar-refractivity contribution in [2.75, 3.05) is 11.4 Å². The molecule has 1 atom stereocenters. The van der Waals surface area contributed by atoms with Gasteiger partial charge in [0, 0.05) is 29.3 Å². The molecule has 1 aromatic rings. The highest BCUT2D eigenvalue weighted by atomic mass is 35.5. The van der Waals surface area contributed by atoms with E-state index in [1.165, 1.54) is 43.4 Å². The van der Waals surface area contributed by atoms with Gasteiger partial charge in [-0.05, 0) is 50.3 Å². The van der Waals surface area contributed by atoms with Gasteiger partial charge < -0.3 is 10.6 Å². The zero-order valence-electron chi connectivity index (χ0n) is 13.4. The second-order valence-corrected chi connectivity index (χ2v) is 6.66. The molecule has 0 spiro atoms. The Kier molecular flexibility index (Phi) is 6.38. The SMILES string of the molecule is CCC(N)Cc1ccc(Cl)cc1N(CC)C1CCCCC1. The Morgan fingerprint density at radius 1 is 1.24 bits per heavy atom. The Balaban J connectivity index is 2.27. The van der Waals surface area contributed by atoms with Crippen LogP contribution in [0.3, 0.4) is 0 Å². The standard InChI is InChI=1S/C18H29ClN2/c1-3-16(20)12-14-10-11-15(19)13-18(14)21(4-2)17-8-6-5-7-9-17/h10-11,13,16-17H,3-9,12,20H2,1-2H3. The zero-order chi connectivity index (χ0) is 15.2. The molecule has 21 heavy (non-hydrogen) atoms. The third-order valence-electron chi connectivity index (χ3n) is 4.72. The number of nitrogens with zero attached hydrogens (tertiary/aromatic N) is 1. The van der Waals surface area contributed by atoms with Crippen molar-refractivity contribution in [2.24, 2.45) is 5.73 Å². The minimum absolute atomic E-state index is 0.231. The van der Waals surface area contributed by atoms with Crippen molar-refractivity contribution < 1.29 is 0 Å². The van der Waals surface area contributed by atoms with Crippen molar-refractivity contribution >= 4 is 17.3 Å². The first-order chi connectivity index (χ1) is 10.2. The average molecular weight is 309 g/mol. The van der Waals surface area contributed by atoms with Crippen LogP contribution < -0.4 is 10.6 Å². The Bertz CT molecular complexity index is 441. The largest absolute Gasteiger partial charge is 0.369 e. The van der Waals surface area contributed by atoms with Gasteiger partial charge in [-0.1, -0.05) is 43.9 Å². The maximum Gasteiger partial charge on any atom is 0.0426 e. The van der Waals surface area contributed by atoms with Gasteiger partial charge in [-0.3, -0.25) is 0 Å². The van der Waals surface area contributed by atoms with Crippen LogP contribution in [0, 0.1) is 0 Å². The molecule has 118 valence electrons. The highest BCUT2D eigenvalue weighted by molar-refractivity contribution is 6.30. The van der Waals surface area contributed by atoms with Crippen molar-refractivity contribution in [1.29, 1.82) is 0 Å². The first-order valence-corrected chi connectivity index (χ1v) is 8.84. The van der Waals surface area contributed by atoms with E-state index in [9.17, 15) is 0 Å². The zero-order valence-corrected chi connectivity index (χ0v) is 14.2. The summed E-state index contributed by atoms with van der Waals surface area (Å²) in [6.45, 7) is 5.44. The molecule has 3 heteroatoms. The molecule has 1 saturated carbocycles. The van der Waals surface area contributed by atoms with Gasteiger partial charge in [0.2, 0.25) is 0 Å². The van der Waals surface area contributed by atoms with Crippen LogP contribution in [0.1, 0.15) is 57.9 Å². The summed E-state index contributed by atoms with van der Waals surface area (Å²) in [5.41, 5.74) is 8.84. The fourth-order valence-corrected chi connectivity index (χ4v) is 3.59. The van der Waals surface area contributed by atoms with E-state index in [0.717, 1.165) is 24.4 Å². The lowest BCUT2D eigenvalue weighted by Crippen LogP contribution is -2.37. The smallest absolute Gasteiger partial charge is 0.0426 e. The molecule has 2 rings (SSSR count). The molecule has 1 aliphatic rings. The molecule has 1 unspecified atom stereocenters. The molecule has 0 amide bonds. The van der Waals surface area contributed by atoms with E-state index in [2.05, 4.69) is 30.9 Å². The molecule has 1 aromatic carbocycles. The van der Waals surface area contributed by atoms with Crippen LogP contribution in [0.25, 0.3) is 0 Å². The van der Waals surface area contributed by atoms with Gasteiger partial charge in [0.1, 0.15) is 0 Å². The van der Waals surface area contributed by atoms with Gasteiger partial charge in [-0.25, -0.2) is 0 Å². The number of hydrogen-bond acceptors (Lipinski definition) is 2. The van der Waals surface area contributed by atoms with E-state index in [1.807, 2.05) is 6.07 Å². The van der Waals surface area contributed by atoms with Crippen LogP contribution in [0.5, 0.6) is 0 Å². The molecule has 1 aliphatic carbocycles. The molecule has 2 N–H and O–H groups in total. The molecule has 2 nitrogen and oxygen atoms in total. The Labute approximate surface area is 134 Å². The van der Waals surface area contributed by atoms with Crippen molar-refractivity contribution in [3.63, 3.8) is 0 Å². The molecule has 0 aliphatic heterocycles. The number of benzene rings is 1. The van der Waals surface area contributed by atoms with E-state index in [-0.39, 0.29) is 6.04 Å². The monoisotopic (exact) mass is 308 g/mol. The molecule has 0 bridgehead atoms. The predicted molar refractivity (Wildman–Crippen MR) is 93.3 cm³/mol. The fraction of sp³-hybridized carbons (Fsp3) is 0.667. The van der Waals surface area contributed by atoms with E-state index in [1.54, 1.807) is 0 Å². The topological polar surface area (TPSA) is 29.3 Å². The van der Waals surface area contributed by atoms with E-state index < -0.39 is 0 Å². The van der Waals surface area contributed by atoms with E-state index in [4.69, 9.17) is 17.3 Å². The summed E-state index contributed by atoms with van der Waals surface area (Å²) in [7, 11) is 0. The van der Waals surface area contributed by atoms with Crippen molar-refractivity contribution in [2.45, 2.75) is 70.9 Å². The first kappa shape index (κ1) is 16.6. The highest BCUT2D eigenvalue weighted by Gasteiger charge is 2.22. The second-order valence-electron chi connectivity index (χ2n) is 6.22. The molecular formula is C18H29ClN2. The molecule has 1 fully saturated rings. The Morgan fingerprint density at radius 2 is 1.95 bits per heavy atom. The van der Waals surface area contributed by atoms with Gasteiger partial charge >= 0.3 is 0 Å².